The molecule has 3 aliphatic heterocycles. The average Bonchev–Trinajstić information content (AvgIpc) is 1.76. The smallest absolute Gasteiger partial charge is 0.285 e. The molecule has 678 valence electrons. The van der Waals surface area contributed by atoms with Gasteiger partial charge in [-0.1, -0.05) is 121 Å². The van der Waals surface area contributed by atoms with Gasteiger partial charge in [0.2, 0.25) is 23.6 Å². The van der Waals surface area contributed by atoms with E-state index < -0.39 is 65.2 Å². The molecule has 0 fully saturated rings. The van der Waals surface area contributed by atoms with Crippen molar-refractivity contribution in [2.75, 3.05) is 238 Å². The number of imide groups is 3. The van der Waals surface area contributed by atoms with Crippen LogP contribution in [0, 0.1) is 0 Å². The molecule has 10 amide bonds. The molecule has 3 aliphatic rings. The number of benzene rings is 6. The van der Waals surface area contributed by atoms with Gasteiger partial charge in [-0.05, 0) is 65.2 Å². The molecule has 9 rings (SSSR count). The normalized spacial score (nSPS) is 13.5. The maximum absolute atomic E-state index is 13.9. The summed E-state index contributed by atoms with van der Waals surface area (Å²) in [6, 6.07) is 47.0. The maximum atomic E-state index is 13.9. The molecule has 6 aromatic rings. The maximum Gasteiger partial charge on any atom is 0.285 e. The molecule has 0 radical (unpaired) electrons. The van der Waals surface area contributed by atoms with Crippen LogP contribution in [0.5, 0.6) is 0 Å². The molecular formula is C88H110ClN7O29. The number of rotatable bonds is 70. The Morgan fingerprint density at radius 1 is 0.256 bits per heavy atom. The Balaban J connectivity index is 0.683. The second-order valence-electron chi connectivity index (χ2n) is 27.5. The summed E-state index contributed by atoms with van der Waals surface area (Å²) in [6.45, 7) is 3.75. The van der Waals surface area contributed by atoms with Gasteiger partial charge in [0.1, 0.15) is 5.60 Å². The largest absolute Gasteiger partial charge is 0.379 e. The number of hydroxylamine groups is 6. The van der Waals surface area contributed by atoms with Crippen LogP contribution in [0.4, 0.5) is 0 Å². The number of halogens is 1. The standard InChI is InChI=1S/C88H110ClN7O29/c89-70-25-23-69(24-26-70)88(67-13-3-1-4-14-67,68-15-5-2-6-16-68)122-61-57-115-54-51-114-50-49-111-45-41-107-34-29-80(100)93-87(66-120-36-28-78(98)91-32-39-110-44-48-116-58-62-123-94-81(101)71-17-7-8-18-72(71)82(94)102,121-37-30-79(99)92-33-40-109-43-47-113-53-56-118-60-64-125-96-85(105)75-21-11-12-22-76(75)86(96)106)65-119-35-27-77(97)90-31-38-108-42-46-112-52-55-117-59-63-124-95-83(103)73-19-9-10-20-74(73)84(95)104/h1-26H,27-66H2,(H,90,97)(H,91,98)(H,92,99)(H,93,100). The third-order valence-electron chi connectivity index (χ3n) is 18.6. The van der Waals surface area contributed by atoms with Gasteiger partial charge in [0.05, 0.1) is 264 Å². The summed E-state index contributed by atoms with van der Waals surface area (Å²) in [4.78, 5) is 145. The first-order valence-corrected chi connectivity index (χ1v) is 41.7. The van der Waals surface area contributed by atoms with Gasteiger partial charge in [-0.2, -0.15) is 0 Å². The summed E-state index contributed by atoms with van der Waals surface area (Å²) in [5, 5.41) is 13.9. The molecule has 0 saturated carbocycles. The second-order valence-corrected chi connectivity index (χ2v) is 27.9. The lowest BCUT2D eigenvalue weighted by Gasteiger charge is -2.36. The summed E-state index contributed by atoms with van der Waals surface area (Å²) in [5.41, 5.74) is 1.72. The van der Waals surface area contributed by atoms with Gasteiger partial charge >= 0.3 is 0 Å². The Morgan fingerprint density at radius 3 is 0.824 bits per heavy atom. The van der Waals surface area contributed by atoms with E-state index in [2.05, 4.69) is 21.3 Å². The van der Waals surface area contributed by atoms with E-state index in [1.807, 2.05) is 84.9 Å². The number of nitrogens with one attached hydrogen (secondary N) is 4. The lowest BCUT2D eigenvalue weighted by Crippen LogP contribution is -2.58. The first-order valence-electron chi connectivity index (χ1n) is 41.4. The van der Waals surface area contributed by atoms with Gasteiger partial charge in [0, 0.05) is 37.5 Å². The first kappa shape index (κ1) is 98.9. The van der Waals surface area contributed by atoms with E-state index in [4.69, 9.17) is 102 Å². The monoisotopic (exact) mass is 1760 g/mol. The Bertz CT molecular complexity index is 4150. The molecular weight excluding hydrogens is 1650 g/mol. The summed E-state index contributed by atoms with van der Waals surface area (Å²) in [6.07, 6.45) is -0.626. The Morgan fingerprint density at radius 2 is 0.504 bits per heavy atom. The van der Waals surface area contributed by atoms with Gasteiger partial charge in [0.25, 0.3) is 35.4 Å². The van der Waals surface area contributed by atoms with Crippen molar-refractivity contribution in [3.8, 4) is 0 Å². The summed E-state index contributed by atoms with van der Waals surface area (Å²) >= 11 is 6.32. The predicted molar refractivity (Wildman–Crippen MR) is 445 cm³/mol. The fourth-order valence-corrected chi connectivity index (χ4v) is 12.7. The SMILES string of the molecule is O=C(CCOCC(COCCC(=O)NCCOCCOCCON1C(=O)c2ccccc2C1=O)(NC(=O)CCOCCOCCOCCOCCOC(c1ccccc1)(c1ccccc1)c1ccc(Cl)cc1)OCCC(=O)NCCOCCOCCOCCON1C(=O)c2ccccc2C1=O)NCCOCCOCCOCCON1C(=O)c2ccccc2C1=O. The zero-order valence-electron chi connectivity index (χ0n) is 69.9. The molecule has 6 aromatic carbocycles. The lowest BCUT2D eigenvalue weighted by atomic mass is 9.80. The van der Waals surface area contributed by atoms with E-state index in [0.29, 0.717) is 29.9 Å². The van der Waals surface area contributed by atoms with Gasteiger partial charge in [-0.25, -0.2) is 0 Å². The highest BCUT2D eigenvalue weighted by molar-refractivity contribution is 6.30. The number of nitrogens with zero attached hydrogens (tertiary/aromatic N) is 3. The molecule has 0 spiro atoms. The van der Waals surface area contributed by atoms with E-state index in [9.17, 15) is 47.9 Å². The molecule has 0 aromatic heterocycles. The van der Waals surface area contributed by atoms with Gasteiger partial charge in [0.15, 0.2) is 5.72 Å². The van der Waals surface area contributed by atoms with Crippen LogP contribution in [0.2, 0.25) is 5.02 Å². The zero-order valence-corrected chi connectivity index (χ0v) is 70.6. The fraction of sp³-hybridized carbons (Fsp3) is 0.477. The van der Waals surface area contributed by atoms with Crippen LogP contribution >= 0.6 is 11.6 Å². The van der Waals surface area contributed by atoms with Crippen molar-refractivity contribution in [2.45, 2.75) is 37.0 Å². The highest BCUT2D eigenvalue weighted by Gasteiger charge is 2.41. The minimum absolute atomic E-state index is 0.0294. The van der Waals surface area contributed by atoms with Crippen molar-refractivity contribution in [3.05, 3.63) is 213 Å². The average molecular weight is 1770 g/mol. The van der Waals surface area contributed by atoms with Gasteiger partial charge < -0.3 is 97.1 Å². The minimum atomic E-state index is -1.79. The number of hydrogen-bond donors (Lipinski definition) is 4. The van der Waals surface area contributed by atoms with Crippen molar-refractivity contribution in [1.82, 2.24) is 36.5 Å². The van der Waals surface area contributed by atoms with Crippen molar-refractivity contribution in [1.29, 1.82) is 0 Å². The van der Waals surface area contributed by atoms with Crippen molar-refractivity contribution in [3.63, 3.8) is 0 Å². The molecule has 125 heavy (non-hydrogen) atoms. The van der Waals surface area contributed by atoms with E-state index in [0.717, 1.165) is 26.8 Å². The zero-order chi connectivity index (χ0) is 88.2. The second kappa shape index (κ2) is 57.0. The van der Waals surface area contributed by atoms with Crippen LogP contribution < -0.4 is 21.3 Å². The Labute approximate surface area is 729 Å². The van der Waals surface area contributed by atoms with Crippen molar-refractivity contribution >= 4 is 70.7 Å². The molecule has 37 heteroatoms. The molecule has 1 atom stereocenters. The molecule has 0 aliphatic carbocycles. The number of amides is 10. The fourth-order valence-electron chi connectivity index (χ4n) is 12.5. The minimum Gasteiger partial charge on any atom is -0.379 e. The molecule has 0 bridgehead atoms. The lowest BCUT2D eigenvalue weighted by molar-refractivity contribution is -0.168. The Kier molecular flexibility index (Phi) is 45.1. The quantitative estimate of drug-likeness (QED) is 0.0163. The number of ether oxygens (including phenoxy) is 16. The van der Waals surface area contributed by atoms with E-state index in [1.54, 1.807) is 72.8 Å². The van der Waals surface area contributed by atoms with Crippen molar-refractivity contribution in [2.24, 2.45) is 0 Å². The van der Waals surface area contributed by atoms with E-state index >= 15 is 0 Å². The van der Waals surface area contributed by atoms with Crippen LogP contribution in [-0.4, -0.2) is 318 Å². The van der Waals surface area contributed by atoms with Gasteiger partial charge in [-0.3, -0.25) is 62.5 Å². The van der Waals surface area contributed by atoms with E-state index in [-0.39, 0.29) is 282 Å². The van der Waals surface area contributed by atoms with Gasteiger partial charge in [-0.15, -0.1) is 15.2 Å². The summed E-state index contributed by atoms with van der Waals surface area (Å²) in [7, 11) is 0. The number of hydrogen-bond acceptors (Lipinski definition) is 29. The summed E-state index contributed by atoms with van der Waals surface area (Å²) < 4.78 is 92.9. The van der Waals surface area contributed by atoms with Crippen LogP contribution in [0.25, 0.3) is 0 Å². The van der Waals surface area contributed by atoms with Crippen LogP contribution in [0.3, 0.4) is 0 Å². The van der Waals surface area contributed by atoms with Crippen LogP contribution in [0.1, 0.15) is 105 Å². The first-order chi connectivity index (χ1) is 61.2. The number of fused-ring (bicyclic) bond motifs is 3. The molecule has 4 N–H and O–H groups in total. The Hall–Kier alpha value is -9.85. The molecule has 1 unspecified atom stereocenters. The number of carbonyl (C=O) groups excluding carboxylic acids is 10. The number of carbonyl (C=O) groups is 10. The molecule has 0 saturated heterocycles. The van der Waals surface area contributed by atoms with Crippen molar-refractivity contribution < 1.29 is 138 Å². The molecule has 36 nitrogen and oxygen atoms in total. The van der Waals surface area contributed by atoms with Crippen LogP contribution in [-0.2, 0) is 115 Å². The molecule has 3 heterocycles. The highest BCUT2D eigenvalue weighted by atomic mass is 35.5. The topological polar surface area (TPSA) is 404 Å². The van der Waals surface area contributed by atoms with E-state index in [1.165, 1.54) is 0 Å². The highest BCUT2D eigenvalue weighted by Crippen LogP contribution is 2.41. The third kappa shape index (κ3) is 33.5. The predicted octanol–water partition coefficient (Wildman–Crippen LogP) is 5.30. The summed E-state index contributed by atoms with van der Waals surface area (Å²) in [5.74, 6) is -4.99. The third-order valence-corrected chi connectivity index (χ3v) is 18.9. The van der Waals surface area contributed by atoms with Crippen LogP contribution in [0.15, 0.2) is 158 Å².